The highest BCUT2D eigenvalue weighted by Crippen LogP contribution is 2.03. The first-order chi connectivity index (χ1) is 10.0. The van der Waals surface area contributed by atoms with Crippen LogP contribution in [-0.4, -0.2) is 47.5 Å². The minimum absolute atomic E-state index is 0.0717. The number of rotatable bonds is 5. The van der Waals surface area contributed by atoms with E-state index in [0.717, 1.165) is 0 Å². The molecule has 0 aromatic heterocycles. The third-order valence-corrected chi connectivity index (χ3v) is 4.74. The maximum atomic E-state index is 11.8. The lowest BCUT2D eigenvalue weighted by molar-refractivity contribution is -0.143. The van der Waals surface area contributed by atoms with Crippen LogP contribution >= 0.6 is 0 Å². The number of ketones is 1. The zero-order valence-electron chi connectivity index (χ0n) is 12.0. The number of nitrogens with one attached hydrogen (secondary N) is 4. The van der Waals surface area contributed by atoms with Crippen molar-refractivity contribution in [2.75, 3.05) is 6.61 Å². The predicted molar refractivity (Wildman–Crippen MR) is 74.5 cm³/mol. The third-order valence-electron chi connectivity index (χ3n) is 2.36. The fourth-order valence-corrected chi connectivity index (χ4v) is 4.06. The maximum absolute atomic E-state index is 11.8. The summed E-state index contributed by atoms with van der Waals surface area (Å²) in [6.45, 7) is 2.81. The van der Waals surface area contributed by atoms with E-state index in [1.165, 1.54) is 6.92 Å². The highest BCUT2D eigenvalue weighted by molar-refractivity contribution is 7.89. The Morgan fingerprint density at radius 3 is 1.68 bits per heavy atom. The van der Waals surface area contributed by atoms with Gasteiger partial charge >= 0.3 is 5.97 Å². The normalized spacial score (nSPS) is 27.4. The molecule has 0 bridgehead atoms. The van der Waals surface area contributed by atoms with E-state index in [1.807, 2.05) is 18.9 Å². The van der Waals surface area contributed by atoms with Gasteiger partial charge in [0.25, 0.3) is 20.4 Å². The maximum Gasteiger partial charge on any atom is 0.308 e. The van der Waals surface area contributed by atoms with Crippen LogP contribution in [-0.2, 0) is 34.7 Å². The molecular weight excluding hydrogens is 340 g/mol. The van der Waals surface area contributed by atoms with E-state index in [2.05, 4.69) is 4.74 Å². The van der Waals surface area contributed by atoms with Crippen molar-refractivity contribution in [1.29, 1.82) is 0 Å². The SMILES string of the molecule is CCOC(=O)CC1NS(=O)(=O)NC(CC(C)=O)NS(=O)(=O)N1. The van der Waals surface area contributed by atoms with Crippen molar-refractivity contribution < 1.29 is 31.2 Å². The number of carbonyl (C=O) groups excluding carboxylic acids is 2. The van der Waals surface area contributed by atoms with E-state index in [-0.39, 0.29) is 13.0 Å². The van der Waals surface area contributed by atoms with Crippen LogP contribution in [0.2, 0.25) is 0 Å². The molecule has 13 heteroatoms. The summed E-state index contributed by atoms with van der Waals surface area (Å²) in [6, 6.07) is 0. The van der Waals surface area contributed by atoms with E-state index < -0.39 is 50.9 Å². The molecule has 0 spiro atoms. The predicted octanol–water partition coefficient (Wildman–Crippen LogP) is -2.57. The van der Waals surface area contributed by atoms with Crippen LogP contribution in [0.15, 0.2) is 0 Å². The Morgan fingerprint density at radius 2 is 1.32 bits per heavy atom. The second kappa shape index (κ2) is 7.43. The number of ether oxygens (including phenoxy) is 1. The van der Waals surface area contributed by atoms with E-state index in [1.54, 1.807) is 6.92 Å². The lowest BCUT2D eigenvalue weighted by atomic mass is 10.3. The van der Waals surface area contributed by atoms with Gasteiger partial charge in [-0.15, -0.1) is 0 Å². The first-order valence-electron chi connectivity index (χ1n) is 6.27. The van der Waals surface area contributed by atoms with Crippen LogP contribution in [0, 0.1) is 0 Å². The first-order valence-corrected chi connectivity index (χ1v) is 9.24. The van der Waals surface area contributed by atoms with Crippen LogP contribution in [0.1, 0.15) is 26.7 Å². The molecule has 1 heterocycles. The van der Waals surface area contributed by atoms with Gasteiger partial charge in [0.05, 0.1) is 25.4 Å². The fraction of sp³-hybridized carbons (Fsp3) is 0.778. The third kappa shape index (κ3) is 6.76. The molecule has 1 rings (SSSR count). The lowest BCUT2D eigenvalue weighted by Crippen LogP contribution is -2.63. The van der Waals surface area contributed by atoms with Gasteiger partial charge < -0.3 is 4.74 Å². The Labute approximate surface area is 128 Å². The molecule has 0 unspecified atom stereocenters. The van der Waals surface area contributed by atoms with Crippen LogP contribution in [0.25, 0.3) is 0 Å². The van der Waals surface area contributed by atoms with Gasteiger partial charge in [-0.3, -0.25) is 9.59 Å². The number of carbonyl (C=O) groups is 2. The number of hydrogen-bond acceptors (Lipinski definition) is 7. The summed E-state index contributed by atoms with van der Waals surface area (Å²) in [5.41, 5.74) is 0. The van der Waals surface area contributed by atoms with Crippen LogP contribution in [0.5, 0.6) is 0 Å². The molecule has 11 nitrogen and oxygen atoms in total. The first kappa shape index (κ1) is 18.9. The lowest BCUT2D eigenvalue weighted by Gasteiger charge is -2.27. The Kier molecular flexibility index (Phi) is 6.39. The molecule has 0 amide bonds. The average Bonchev–Trinajstić information content (AvgIpc) is 2.22. The van der Waals surface area contributed by atoms with Gasteiger partial charge in [0.15, 0.2) is 0 Å². The van der Waals surface area contributed by atoms with Crippen LogP contribution in [0.3, 0.4) is 0 Å². The zero-order valence-corrected chi connectivity index (χ0v) is 13.6. The van der Waals surface area contributed by atoms with Crippen molar-refractivity contribution in [1.82, 2.24) is 18.9 Å². The highest BCUT2D eigenvalue weighted by atomic mass is 32.2. The van der Waals surface area contributed by atoms with Gasteiger partial charge in [0.2, 0.25) is 0 Å². The second-order valence-corrected chi connectivity index (χ2v) is 7.46. The Bertz CT molecular complexity index is 592. The van der Waals surface area contributed by atoms with E-state index in [4.69, 9.17) is 0 Å². The van der Waals surface area contributed by atoms with Crippen molar-refractivity contribution in [3.05, 3.63) is 0 Å². The van der Waals surface area contributed by atoms with Gasteiger partial charge in [0, 0.05) is 6.42 Å². The van der Waals surface area contributed by atoms with Crippen LogP contribution < -0.4 is 18.9 Å². The van der Waals surface area contributed by atoms with E-state index >= 15 is 0 Å². The van der Waals surface area contributed by atoms with Gasteiger partial charge in [-0.25, -0.2) is 0 Å². The minimum atomic E-state index is -4.15. The molecular formula is C9H18N4O7S2. The highest BCUT2D eigenvalue weighted by Gasteiger charge is 2.32. The molecule has 0 saturated carbocycles. The zero-order chi connectivity index (χ0) is 17.0. The Balaban J connectivity index is 2.93. The van der Waals surface area contributed by atoms with E-state index in [9.17, 15) is 26.4 Å². The number of Topliss-reactive ketones (excluding diaryl/α,β-unsaturated/α-hetero) is 1. The molecule has 1 saturated heterocycles. The van der Waals surface area contributed by atoms with Crippen molar-refractivity contribution in [3.8, 4) is 0 Å². The summed E-state index contributed by atoms with van der Waals surface area (Å²) >= 11 is 0. The average molecular weight is 358 g/mol. The molecule has 128 valence electrons. The molecule has 0 aromatic rings. The summed E-state index contributed by atoms with van der Waals surface area (Å²) in [4.78, 5) is 22.4. The van der Waals surface area contributed by atoms with E-state index in [0.29, 0.717) is 0 Å². The number of esters is 1. The molecule has 0 radical (unpaired) electrons. The smallest absolute Gasteiger partial charge is 0.308 e. The van der Waals surface area contributed by atoms with Gasteiger partial charge in [-0.05, 0) is 13.8 Å². The summed E-state index contributed by atoms with van der Waals surface area (Å²) in [7, 11) is -8.29. The summed E-state index contributed by atoms with van der Waals surface area (Å²) in [6.07, 6.45) is -3.67. The Morgan fingerprint density at radius 1 is 0.909 bits per heavy atom. The molecule has 4 N–H and O–H groups in total. The summed E-state index contributed by atoms with van der Waals surface area (Å²) in [5.74, 6) is -1.20. The van der Waals surface area contributed by atoms with Crippen molar-refractivity contribution in [2.45, 2.75) is 39.0 Å². The minimum Gasteiger partial charge on any atom is -0.466 e. The van der Waals surface area contributed by atoms with Crippen molar-refractivity contribution >= 4 is 32.2 Å². The van der Waals surface area contributed by atoms with Crippen molar-refractivity contribution in [3.63, 3.8) is 0 Å². The largest absolute Gasteiger partial charge is 0.466 e. The van der Waals surface area contributed by atoms with Crippen molar-refractivity contribution in [2.24, 2.45) is 0 Å². The fourth-order valence-electron chi connectivity index (χ4n) is 1.71. The monoisotopic (exact) mass is 358 g/mol. The second-order valence-electron chi connectivity index (χ2n) is 4.50. The molecule has 1 aliphatic heterocycles. The number of hydrogen-bond donors (Lipinski definition) is 4. The standard InChI is InChI=1S/C9H18N4O7S2/c1-3-20-9(15)5-8-12-21(16,17)10-7(4-6(2)14)11-22(18,19)13-8/h7-8,10-13H,3-5H2,1-2H3. The molecule has 0 atom stereocenters. The molecule has 0 aromatic carbocycles. The molecule has 1 fully saturated rings. The quantitative estimate of drug-likeness (QED) is 0.393. The Hall–Kier alpha value is -1.12. The van der Waals surface area contributed by atoms with Crippen LogP contribution in [0.4, 0.5) is 0 Å². The summed E-state index contributed by atoms with van der Waals surface area (Å²) < 4.78 is 59.8. The van der Waals surface area contributed by atoms with Gasteiger partial charge in [-0.2, -0.15) is 35.7 Å². The topological polar surface area (TPSA) is 160 Å². The summed E-state index contributed by atoms with van der Waals surface area (Å²) in [5, 5.41) is 0. The van der Waals surface area contributed by atoms with Gasteiger partial charge in [0.1, 0.15) is 5.78 Å². The molecule has 22 heavy (non-hydrogen) atoms. The molecule has 1 aliphatic rings. The van der Waals surface area contributed by atoms with Gasteiger partial charge in [-0.1, -0.05) is 0 Å². The molecule has 0 aliphatic carbocycles.